The van der Waals surface area contributed by atoms with Gasteiger partial charge < -0.3 is 10.1 Å². The van der Waals surface area contributed by atoms with E-state index in [0.29, 0.717) is 23.5 Å². The monoisotopic (exact) mass is 291 g/mol. The second kappa shape index (κ2) is 6.41. The Bertz CT molecular complexity index is 467. The molecule has 1 saturated heterocycles. The van der Waals surface area contributed by atoms with Crippen molar-refractivity contribution in [3.63, 3.8) is 0 Å². The van der Waals surface area contributed by atoms with Crippen LogP contribution in [0.15, 0.2) is 29.2 Å². The average Bonchev–Trinajstić information content (AvgIpc) is 2.40. The molecular formula is C12H18ClNO3S. The molecule has 0 bridgehead atoms. The molecule has 0 unspecified atom stereocenters. The predicted molar refractivity (Wildman–Crippen MR) is 73.3 cm³/mol. The highest BCUT2D eigenvalue weighted by molar-refractivity contribution is 7.92. The molecule has 1 aromatic carbocycles. The van der Waals surface area contributed by atoms with E-state index in [1.165, 1.54) is 0 Å². The van der Waals surface area contributed by atoms with Crippen molar-refractivity contribution in [2.45, 2.75) is 23.0 Å². The van der Waals surface area contributed by atoms with Crippen LogP contribution in [-0.2, 0) is 9.84 Å². The van der Waals surface area contributed by atoms with Gasteiger partial charge in [-0.25, -0.2) is 8.42 Å². The third-order valence-electron chi connectivity index (χ3n) is 3.11. The number of hydrogen-bond donors (Lipinski definition) is 1. The van der Waals surface area contributed by atoms with Gasteiger partial charge in [0.05, 0.1) is 17.3 Å². The number of rotatable bonds is 3. The molecule has 102 valence electrons. The van der Waals surface area contributed by atoms with Gasteiger partial charge in [-0.3, -0.25) is 0 Å². The van der Waals surface area contributed by atoms with E-state index in [-0.39, 0.29) is 17.7 Å². The van der Waals surface area contributed by atoms with E-state index in [0.717, 1.165) is 13.1 Å². The number of halogens is 1. The molecule has 18 heavy (non-hydrogen) atoms. The molecule has 0 aromatic heterocycles. The Morgan fingerprint density at radius 1 is 1.17 bits per heavy atom. The number of nitrogens with one attached hydrogen (secondary N) is 1. The number of piperidine rings is 1. The van der Waals surface area contributed by atoms with Gasteiger partial charge in [-0.15, -0.1) is 12.4 Å². The summed E-state index contributed by atoms with van der Waals surface area (Å²) in [6, 6.07) is 6.62. The minimum atomic E-state index is -3.18. The van der Waals surface area contributed by atoms with Gasteiger partial charge in [-0.1, -0.05) is 0 Å². The topological polar surface area (TPSA) is 55.4 Å². The molecule has 0 atom stereocenters. The Hall–Kier alpha value is -0.780. The van der Waals surface area contributed by atoms with E-state index in [1.807, 2.05) is 0 Å². The molecule has 0 aliphatic carbocycles. The maximum atomic E-state index is 12.3. The summed E-state index contributed by atoms with van der Waals surface area (Å²) in [5.41, 5.74) is 0. The zero-order valence-electron chi connectivity index (χ0n) is 10.3. The first kappa shape index (κ1) is 15.3. The third kappa shape index (κ3) is 3.16. The van der Waals surface area contributed by atoms with Crippen molar-refractivity contribution < 1.29 is 13.2 Å². The van der Waals surface area contributed by atoms with Crippen LogP contribution < -0.4 is 10.1 Å². The number of hydrogen-bond acceptors (Lipinski definition) is 4. The van der Waals surface area contributed by atoms with Crippen LogP contribution in [0.1, 0.15) is 12.8 Å². The van der Waals surface area contributed by atoms with Crippen LogP contribution in [0.2, 0.25) is 0 Å². The Morgan fingerprint density at radius 2 is 1.72 bits per heavy atom. The summed E-state index contributed by atoms with van der Waals surface area (Å²) in [7, 11) is -1.62. The molecule has 1 aliphatic rings. The summed E-state index contributed by atoms with van der Waals surface area (Å²) in [6.07, 6.45) is 1.38. The molecular weight excluding hydrogens is 274 g/mol. The lowest BCUT2D eigenvalue weighted by Crippen LogP contribution is -2.35. The maximum Gasteiger partial charge on any atom is 0.181 e. The zero-order chi connectivity index (χ0) is 12.3. The summed E-state index contributed by atoms with van der Waals surface area (Å²) in [4.78, 5) is 0.394. The Balaban J connectivity index is 0.00000162. The molecule has 0 amide bonds. The molecule has 0 spiro atoms. The Labute approximate surface area is 114 Å². The number of sulfone groups is 1. The van der Waals surface area contributed by atoms with Crippen molar-refractivity contribution in [3.8, 4) is 5.75 Å². The summed E-state index contributed by atoms with van der Waals surface area (Å²) in [5, 5.41) is 2.92. The summed E-state index contributed by atoms with van der Waals surface area (Å²) >= 11 is 0. The normalized spacial score (nSPS) is 16.9. The van der Waals surface area contributed by atoms with Gasteiger partial charge in [0, 0.05) is 0 Å². The van der Waals surface area contributed by atoms with Crippen molar-refractivity contribution in [3.05, 3.63) is 24.3 Å². The fourth-order valence-corrected chi connectivity index (χ4v) is 3.82. The van der Waals surface area contributed by atoms with Crippen LogP contribution in [0, 0.1) is 0 Å². The maximum absolute atomic E-state index is 12.3. The van der Waals surface area contributed by atoms with E-state index >= 15 is 0 Å². The van der Waals surface area contributed by atoms with Crippen molar-refractivity contribution in [2.24, 2.45) is 0 Å². The molecule has 0 radical (unpaired) electrons. The van der Waals surface area contributed by atoms with Crippen LogP contribution in [0.5, 0.6) is 5.75 Å². The molecule has 0 saturated carbocycles. The molecule has 1 aliphatic heterocycles. The quantitative estimate of drug-likeness (QED) is 0.920. The first-order chi connectivity index (χ1) is 8.14. The van der Waals surface area contributed by atoms with Gasteiger partial charge in [0.25, 0.3) is 0 Å². The first-order valence-corrected chi connectivity index (χ1v) is 7.28. The van der Waals surface area contributed by atoms with Crippen LogP contribution >= 0.6 is 12.4 Å². The highest BCUT2D eigenvalue weighted by Crippen LogP contribution is 2.23. The third-order valence-corrected chi connectivity index (χ3v) is 5.39. The summed E-state index contributed by atoms with van der Waals surface area (Å²) < 4.78 is 29.7. The molecule has 1 heterocycles. The highest BCUT2D eigenvalue weighted by atomic mass is 35.5. The van der Waals surface area contributed by atoms with Gasteiger partial charge in [0.1, 0.15) is 5.75 Å². The van der Waals surface area contributed by atoms with Gasteiger partial charge in [-0.2, -0.15) is 0 Å². The lowest BCUT2D eigenvalue weighted by atomic mass is 10.2. The molecule has 4 nitrogen and oxygen atoms in total. The summed E-state index contributed by atoms with van der Waals surface area (Å²) in [5.74, 6) is 0.675. The minimum Gasteiger partial charge on any atom is -0.497 e. The second-order valence-electron chi connectivity index (χ2n) is 4.17. The number of ether oxygens (including phenoxy) is 1. The van der Waals surface area contributed by atoms with Crippen molar-refractivity contribution >= 4 is 22.2 Å². The van der Waals surface area contributed by atoms with Crippen molar-refractivity contribution in [1.82, 2.24) is 5.32 Å². The predicted octanol–water partition coefficient (Wildman–Crippen LogP) is 1.64. The second-order valence-corrected chi connectivity index (χ2v) is 6.40. The van der Waals surface area contributed by atoms with E-state index in [2.05, 4.69) is 5.32 Å². The van der Waals surface area contributed by atoms with E-state index in [9.17, 15) is 8.42 Å². The molecule has 6 heteroatoms. The van der Waals surface area contributed by atoms with Crippen LogP contribution in [0.25, 0.3) is 0 Å². The minimum absolute atomic E-state index is 0. The summed E-state index contributed by atoms with van der Waals surface area (Å²) in [6.45, 7) is 1.56. The van der Waals surface area contributed by atoms with E-state index in [1.54, 1.807) is 31.4 Å². The van der Waals surface area contributed by atoms with Crippen molar-refractivity contribution in [1.29, 1.82) is 0 Å². The smallest absolute Gasteiger partial charge is 0.181 e. The van der Waals surface area contributed by atoms with Gasteiger partial charge in [0.15, 0.2) is 9.84 Å². The standard InChI is InChI=1S/C12H17NO3S.ClH/c1-16-10-2-4-11(5-3-10)17(14,15)12-6-8-13-9-7-12;/h2-5,12-13H,6-9H2,1H3;1H. The van der Waals surface area contributed by atoms with Crippen LogP contribution in [-0.4, -0.2) is 33.9 Å². The SMILES string of the molecule is COc1ccc(S(=O)(=O)C2CCNCC2)cc1.Cl. The molecule has 1 aromatic rings. The molecule has 1 N–H and O–H groups in total. The van der Waals surface area contributed by atoms with Crippen LogP contribution in [0.3, 0.4) is 0 Å². The number of methoxy groups -OCH3 is 1. The fraction of sp³-hybridized carbons (Fsp3) is 0.500. The highest BCUT2D eigenvalue weighted by Gasteiger charge is 2.28. The van der Waals surface area contributed by atoms with Gasteiger partial charge in [0.2, 0.25) is 0 Å². The lowest BCUT2D eigenvalue weighted by Gasteiger charge is -2.22. The van der Waals surface area contributed by atoms with Crippen molar-refractivity contribution in [2.75, 3.05) is 20.2 Å². The largest absolute Gasteiger partial charge is 0.497 e. The first-order valence-electron chi connectivity index (χ1n) is 5.73. The van der Waals surface area contributed by atoms with Gasteiger partial charge in [-0.05, 0) is 50.2 Å². The fourth-order valence-electron chi connectivity index (χ4n) is 2.06. The average molecular weight is 292 g/mol. The zero-order valence-corrected chi connectivity index (χ0v) is 11.9. The number of benzene rings is 1. The Kier molecular flexibility index (Phi) is 5.44. The lowest BCUT2D eigenvalue weighted by molar-refractivity contribution is 0.414. The molecule has 2 rings (SSSR count). The van der Waals surface area contributed by atoms with Gasteiger partial charge >= 0.3 is 0 Å². The molecule has 1 fully saturated rings. The van der Waals surface area contributed by atoms with Crippen LogP contribution in [0.4, 0.5) is 0 Å². The van der Waals surface area contributed by atoms with E-state index < -0.39 is 9.84 Å². The Morgan fingerprint density at radius 3 is 2.22 bits per heavy atom. The van der Waals surface area contributed by atoms with E-state index in [4.69, 9.17) is 4.74 Å².